The number of nitrogens with zero attached hydrogens (tertiary/aromatic N) is 1. The highest BCUT2D eigenvalue weighted by atomic mass is 79.9. The fraction of sp³-hybridized carbons (Fsp3) is 0.333. The Morgan fingerprint density at radius 1 is 1.71 bits per heavy atom. The van der Waals surface area contributed by atoms with E-state index >= 15 is 0 Å². The molecule has 0 spiro atoms. The largest absolute Gasteiger partial charge is 0.469 e. The van der Waals surface area contributed by atoms with Crippen LogP contribution in [0.15, 0.2) is 16.7 Å². The topological polar surface area (TPSA) is 65.2 Å². The van der Waals surface area contributed by atoms with Gasteiger partial charge in [-0.15, -0.1) is 0 Å². The van der Waals surface area contributed by atoms with Crippen molar-refractivity contribution >= 4 is 27.7 Å². The van der Waals surface area contributed by atoms with E-state index in [1.807, 2.05) is 6.07 Å². The van der Waals surface area contributed by atoms with Crippen molar-refractivity contribution in [1.82, 2.24) is 4.98 Å². The zero-order valence-corrected chi connectivity index (χ0v) is 9.37. The molecule has 76 valence electrons. The van der Waals surface area contributed by atoms with E-state index in [2.05, 4.69) is 25.7 Å². The number of anilines is 1. The van der Waals surface area contributed by atoms with Gasteiger partial charge in [-0.25, -0.2) is 4.98 Å². The van der Waals surface area contributed by atoms with Gasteiger partial charge >= 0.3 is 5.97 Å². The molecule has 0 saturated carbocycles. The zero-order chi connectivity index (χ0) is 10.6. The van der Waals surface area contributed by atoms with Crippen LogP contribution in [0.3, 0.4) is 0 Å². The van der Waals surface area contributed by atoms with E-state index in [0.717, 1.165) is 10.0 Å². The van der Waals surface area contributed by atoms with Gasteiger partial charge in [0.05, 0.1) is 7.11 Å². The maximum absolute atomic E-state index is 10.9. The molecule has 0 atom stereocenters. The summed E-state index contributed by atoms with van der Waals surface area (Å²) < 4.78 is 5.38. The SMILES string of the molecule is COC(=O)CCc1cc(Br)cnc1N. The second-order valence-electron chi connectivity index (χ2n) is 2.77. The second kappa shape index (κ2) is 4.95. The standard InChI is InChI=1S/C9H11BrN2O2/c1-14-8(13)3-2-6-4-7(10)5-12-9(6)11/h4-5H,2-3H2,1H3,(H2,11,12). The van der Waals surface area contributed by atoms with Crippen molar-refractivity contribution in [2.24, 2.45) is 0 Å². The van der Waals surface area contributed by atoms with E-state index in [4.69, 9.17) is 5.73 Å². The molecular weight excluding hydrogens is 248 g/mol. The molecule has 0 aromatic carbocycles. The minimum Gasteiger partial charge on any atom is -0.469 e. The molecule has 1 aromatic heterocycles. The molecule has 1 heterocycles. The molecule has 4 nitrogen and oxygen atoms in total. The maximum Gasteiger partial charge on any atom is 0.305 e. The lowest BCUT2D eigenvalue weighted by Gasteiger charge is -2.04. The molecular formula is C9H11BrN2O2. The van der Waals surface area contributed by atoms with E-state index in [1.165, 1.54) is 7.11 Å². The number of carbonyl (C=O) groups excluding carboxylic acids is 1. The maximum atomic E-state index is 10.9. The van der Waals surface area contributed by atoms with E-state index in [0.29, 0.717) is 18.7 Å². The normalized spacial score (nSPS) is 9.86. The van der Waals surface area contributed by atoms with E-state index in [-0.39, 0.29) is 5.97 Å². The Kier molecular flexibility index (Phi) is 3.88. The number of hydrogen-bond donors (Lipinski definition) is 1. The number of ether oxygens (including phenoxy) is 1. The van der Waals surface area contributed by atoms with Crippen LogP contribution >= 0.6 is 15.9 Å². The van der Waals surface area contributed by atoms with Gasteiger partial charge in [-0.3, -0.25) is 4.79 Å². The van der Waals surface area contributed by atoms with Gasteiger partial charge in [0.1, 0.15) is 5.82 Å². The number of nitrogens with two attached hydrogens (primary N) is 1. The van der Waals surface area contributed by atoms with Gasteiger partial charge in [-0.2, -0.15) is 0 Å². The first-order valence-electron chi connectivity index (χ1n) is 4.10. The predicted molar refractivity (Wildman–Crippen MR) is 56.7 cm³/mol. The van der Waals surface area contributed by atoms with Crippen molar-refractivity contribution in [3.63, 3.8) is 0 Å². The van der Waals surface area contributed by atoms with Crippen LogP contribution in [-0.4, -0.2) is 18.1 Å². The van der Waals surface area contributed by atoms with Crippen molar-refractivity contribution in [3.8, 4) is 0 Å². The van der Waals surface area contributed by atoms with E-state index in [1.54, 1.807) is 6.20 Å². The van der Waals surface area contributed by atoms with E-state index < -0.39 is 0 Å². The third-order valence-corrected chi connectivity index (χ3v) is 2.23. The first kappa shape index (κ1) is 11.0. The number of hydrogen-bond acceptors (Lipinski definition) is 4. The zero-order valence-electron chi connectivity index (χ0n) is 7.79. The molecule has 0 aliphatic carbocycles. The van der Waals surface area contributed by atoms with Gasteiger partial charge in [0, 0.05) is 17.1 Å². The summed E-state index contributed by atoms with van der Waals surface area (Å²) in [6, 6.07) is 1.85. The van der Waals surface area contributed by atoms with Crippen molar-refractivity contribution < 1.29 is 9.53 Å². The molecule has 1 rings (SSSR count). The Morgan fingerprint density at radius 3 is 3.07 bits per heavy atom. The van der Waals surface area contributed by atoms with Gasteiger partial charge < -0.3 is 10.5 Å². The van der Waals surface area contributed by atoms with Crippen molar-refractivity contribution in [2.45, 2.75) is 12.8 Å². The number of nitrogen functional groups attached to an aromatic ring is 1. The van der Waals surface area contributed by atoms with E-state index in [9.17, 15) is 4.79 Å². The number of aryl methyl sites for hydroxylation is 1. The third kappa shape index (κ3) is 2.99. The van der Waals surface area contributed by atoms with Crippen molar-refractivity contribution in [1.29, 1.82) is 0 Å². The fourth-order valence-corrected chi connectivity index (χ4v) is 1.41. The molecule has 2 N–H and O–H groups in total. The number of carbonyl (C=O) groups is 1. The summed E-state index contributed by atoms with van der Waals surface area (Å²) in [6.45, 7) is 0. The van der Waals surface area contributed by atoms with Gasteiger partial charge in [-0.05, 0) is 34.0 Å². The molecule has 14 heavy (non-hydrogen) atoms. The summed E-state index contributed by atoms with van der Waals surface area (Å²) in [6.07, 6.45) is 2.49. The molecule has 0 unspecified atom stereocenters. The highest BCUT2D eigenvalue weighted by molar-refractivity contribution is 9.10. The summed E-state index contributed by atoms with van der Waals surface area (Å²) in [5.74, 6) is 0.210. The number of halogens is 1. The Bertz CT molecular complexity index is 342. The van der Waals surface area contributed by atoms with Crippen LogP contribution in [0.2, 0.25) is 0 Å². The molecule has 0 amide bonds. The minimum absolute atomic E-state index is 0.246. The van der Waals surface area contributed by atoms with Gasteiger partial charge in [0.25, 0.3) is 0 Å². The highest BCUT2D eigenvalue weighted by Gasteiger charge is 2.05. The Balaban J connectivity index is 2.66. The number of aromatic nitrogens is 1. The van der Waals surface area contributed by atoms with Crippen LogP contribution in [0.1, 0.15) is 12.0 Å². The molecule has 0 fully saturated rings. The van der Waals surface area contributed by atoms with Gasteiger partial charge in [0.2, 0.25) is 0 Å². The average molecular weight is 259 g/mol. The molecule has 0 aliphatic rings. The number of pyridine rings is 1. The first-order chi connectivity index (χ1) is 6.63. The lowest BCUT2D eigenvalue weighted by molar-refractivity contribution is -0.140. The summed E-state index contributed by atoms with van der Waals surface area (Å²) >= 11 is 3.29. The first-order valence-corrected chi connectivity index (χ1v) is 4.89. The fourth-order valence-electron chi connectivity index (χ4n) is 1.03. The molecule has 1 aromatic rings. The van der Waals surface area contributed by atoms with Crippen LogP contribution in [0, 0.1) is 0 Å². The summed E-state index contributed by atoms with van der Waals surface area (Å²) in [5, 5.41) is 0. The highest BCUT2D eigenvalue weighted by Crippen LogP contribution is 2.16. The lowest BCUT2D eigenvalue weighted by Crippen LogP contribution is -2.04. The monoisotopic (exact) mass is 258 g/mol. The predicted octanol–water partition coefficient (Wildman–Crippen LogP) is 1.53. The van der Waals surface area contributed by atoms with Crippen LogP contribution in [0.5, 0.6) is 0 Å². The summed E-state index contributed by atoms with van der Waals surface area (Å²) in [7, 11) is 1.37. The van der Waals surface area contributed by atoms with Crippen molar-refractivity contribution in [2.75, 3.05) is 12.8 Å². The molecule has 0 bridgehead atoms. The van der Waals surface area contributed by atoms with Gasteiger partial charge in [0.15, 0.2) is 0 Å². The molecule has 5 heteroatoms. The van der Waals surface area contributed by atoms with Crippen molar-refractivity contribution in [3.05, 3.63) is 22.3 Å². The second-order valence-corrected chi connectivity index (χ2v) is 3.69. The number of esters is 1. The number of methoxy groups -OCH3 is 1. The quantitative estimate of drug-likeness (QED) is 0.836. The Labute approximate surface area is 90.6 Å². The lowest BCUT2D eigenvalue weighted by atomic mass is 10.1. The summed E-state index contributed by atoms with van der Waals surface area (Å²) in [5.41, 5.74) is 6.48. The van der Waals surface area contributed by atoms with Crippen LogP contribution in [-0.2, 0) is 16.0 Å². The van der Waals surface area contributed by atoms with Crippen LogP contribution in [0.25, 0.3) is 0 Å². The minimum atomic E-state index is -0.246. The average Bonchev–Trinajstić information content (AvgIpc) is 2.19. The van der Waals surface area contributed by atoms with Crippen LogP contribution < -0.4 is 5.73 Å². The molecule has 0 saturated heterocycles. The Morgan fingerprint density at radius 2 is 2.43 bits per heavy atom. The molecule has 0 aliphatic heterocycles. The van der Waals surface area contributed by atoms with Crippen LogP contribution in [0.4, 0.5) is 5.82 Å². The summed E-state index contributed by atoms with van der Waals surface area (Å²) in [4.78, 5) is 14.8. The molecule has 0 radical (unpaired) electrons. The third-order valence-electron chi connectivity index (χ3n) is 1.79. The number of rotatable bonds is 3. The Hall–Kier alpha value is -1.10. The smallest absolute Gasteiger partial charge is 0.305 e. The van der Waals surface area contributed by atoms with Gasteiger partial charge in [-0.1, -0.05) is 0 Å².